The number of thiazole rings is 1. The molecule has 1 spiro atoms. The van der Waals surface area contributed by atoms with Crippen molar-refractivity contribution in [1.29, 1.82) is 0 Å². The van der Waals surface area contributed by atoms with Crippen LogP contribution in [-0.2, 0) is 6.54 Å². The number of anilines is 1. The second-order valence-electron chi connectivity index (χ2n) is 7.62. The molecule has 6 nitrogen and oxygen atoms in total. The lowest BCUT2D eigenvalue weighted by molar-refractivity contribution is 0.0350. The Hall–Kier alpha value is -2.51. The molecule has 27 heavy (non-hydrogen) atoms. The van der Waals surface area contributed by atoms with Gasteiger partial charge in [-0.2, -0.15) is 0 Å². The highest BCUT2D eigenvalue weighted by atomic mass is 32.1. The van der Waals surface area contributed by atoms with Crippen molar-refractivity contribution in [1.82, 2.24) is 19.9 Å². The first kappa shape index (κ1) is 16.6. The summed E-state index contributed by atoms with van der Waals surface area (Å²) in [6, 6.07) is 7.64. The van der Waals surface area contributed by atoms with Crippen molar-refractivity contribution >= 4 is 22.4 Å². The Morgan fingerprint density at radius 2 is 2.11 bits per heavy atom. The Morgan fingerprint density at radius 1 is 1.30 bits per heavy atom. The van der Waals surface area contributed by atoms with Crippen LogP contribution in [-0.4, -0.2) is 33.5 Å². The number of nitrogens with one attached hydrogen (secondary N) is 2. The summed E-state index contributed by atoms with van der Waals surface area (Å²) >= 11 is 1.51. The highest BCUT2D eigenvalue weighted by molar-refractivity contribution is 7.14. The van der Waals surface area contributed by atoms with E-state index in [1.165, 1.54) is 24.2 Å². The second kappa shape index (κ2) is 6.58. The van der Waals surface area contributed by atoms with Crippen LogP contribution in [0.3, 0.4) is 0 Å². The number of rotatable bonds is 5. The zero-order valence-corrected chi connectivity index (χ0v) is 15.7. The van der Waals surface area contributed by atoms with Gasteiger partial charge in [0.05, 0.1) is 5.69 Å². The third-order valence-electron chi connectivity index (χ3n) is 5.68. The zero-order valence-electron chi connectivity index (χ0n) is 14.9. The maximum atomic E-state index is 12.7. The van der Waals surface area contributed by atoms with Crippen LogP contribution in [0.2, 0.25) is 0 Å². The molecule has 0 aromatic carbocycles. The Kier molecular flexibility index (Phi) is 4.06. The molecule has 0 radical (unpaired) electrons. The summed E-state index contributed by atoms with van der Waals surface area (Å²) in [5.74, 6) is 0.424. The minimum atomic E-state index is -0.122. The summed E-state index contributed by atoms with van der Waals surface area (Å²) < 4.78 is 1.94. The molecule has 0 bridgehead atoms. The topological polar surface area (TPSA) is 71.8 Å². The number of aromatic nitrogens is 3. The summed E-state index contributed by atoms with van der Waals surface area (Å²) in [4.78, 5) is 21.4. The first-order valence-corrected chi connectivity index (χ1v) is 10.1. The monoisotopic (exact) mass is 379 g/mol. The number of nitrogens with zero attached hydrogens (tertiary/aromatic N) is 3. The van der Waals surface area contributed by atoms with Crippen LogP contribution in [0.4, 0.5) is 5.13 Å². The van der Waals surface area contributed by atoms with Gasteiger partial charge in [0.2, 0.25) is 0 Å². The predicted octanol–water partition coefficient (Wildman–Crippen LogP) is 3.11. The third-order valence-corrected chi connectivity index (χ3v) is 6.46. The SMILES string of the molecule is O=C(Nc1nc(C2CC3(CNC3)C2)cs1)c1cccn1Cc1ccncc1. The first-order chi connectivity index (χ1) is 13.2. The smallest absolute Gasteiger partial charge is 0.274 e. The maximum absolute atomic E-state index is 12.7. The van der Waals surface area contributed by atoms with Crippen molar-refractivity contribution in [2.24, 2.45) is 5.41 Å². The molecule has 4 heterocycles. The van der Waals surface area contributed by atoms with Gasteiger partial charge in [0.1, 0.15) is 5.69 Å². The minimum absolute atomic E-state index is 0.122. The molecule has 0 atom stereocenters. The largest absolute Gasteiger partial charge is 0.339 e. The van der Waals surface area contributed by atoms with Crippen LogP contribution in [0.25, 0.3) is 0 Å². The quantitative estimate of drug-likeness (QED) is 0.715. The fourth-order valence-electron chi connectivity index (χ4n) is 4.10. The lowest BCUT2D eigenvalue weighted by atomic mass is 9.58. The van der Waals surface area contributed by atoms with E-state index in [1.54, 1.807) is 12.4 Å². The molecule has 1 amide bonds. The third kappa shape index (κ3) is 3.17. The minimum Gasteiger partial charge on any atom is -0.339 e. The van der Waals surface area contributed by atoms with Gasteiger partial charge in [0, 0.05) is 49.5 Å². The molecular weight excluding hydrogens is 358 g/mol. The standard InChI is InChI=1S/C20H21N5OS/c26-18(17-2-1-7-25(17)10-14-3-5-21-6-4-14)24-19-23-16(11-27-19)15-8-20(9-15)12-22-13-20/h1-7,11,15,22H,8-10,12-13H2,(H,23,24,26). The van der Waals surface area contributed by atoms with E-state index in [4.69, 9.17) is 0 Å². The van der Waals surface area contributed by atoms with Crippen LogP contribution in [0, 0.1) is 5.41 Å². The number of carbonyl (C=O) groups excluding carboxylic acids is 1. The number of carbonyl (C=O) groups is 1. The lowest BCUT2D eigenvalue weighted by Gasteiger charge is -2.54. The van der Waals surface area contributed by atoms with Gasteiger partial charge in [0.15, 0.2) is 5.13 Å². The molecule has 2 aliphatic rings. The van der Waals surface area contributed by atoms with Gasteiger partial charge in [-0.3, -0.25) is 15.1 Å². The molecule has 1 aliphatic carbocycles. The van der Waals surface area contributed by atoms with Crippen LogP contribution in [0.1, 0.15) is 40.5 Å². The molecule has 3 aromatic heterocycles. The van der Waals surface area contributed by atoms with Gasteiger partial charge in [0.25, 0.3) is 5.91 Å². The van der Waals surface area contributed by atoms with E-state index in [0.717, 1.165) is 24.3 Å². The van der Waals surface area contributed by atoms with Crippen LogP contribution in [0.15, 0.2) is 48.2 Å². The summed E-state index contributed by atoms with van der Waals surface area (Å²) in [5, 5.41) is 9.10. The highest BCUT2D eigenvalue weighted by Gasteiger charge is 2.49. The molecule has 1 saturated heterocycles. The molecule has 1 saturated carbocycles. The van der Waals surface area contributed by atoms with Crippen molar-refractivity contribution in [2.45, 2.75) is 25.3 Å². The molecule has 3 aromatic rings. The van der Waals surface area contributed by atoms with Crippen LogP contribution in [0.5, 0.6) is 0 Å². The molecule has 2 N–H and O–H groups in total. The molecule has 2 fully saturated rings. The first-order valence-electron chi connectivity index (χ1n) is 9.22. The molecular formula is C20H21N5OS. The van der Waals surface area contributed by atoms with Crippen molar-refractivity contribution < 1.29 is 4.79 Å². The Balaban J connectivity index is 1.24. The lowest BCUT2D eigenvalue weighted by Crippen LogP contribution is -2.59. The fraction of sp³-hybridized carbons (Fsp3) is 0.350. The Labute approximate surface area is 161 Å². The van der Waals surface area contributed by atoms with Crippen molar-refractivity contribution in [2.75, 3.05) is 18.4 Å². The van der Waals surface area contributed by atoms with E-state index >= 15 is 0 Å². The van der Waals surface area contributed by atoms with Crippen LogP contribution < -0.4 is 10.6 Å². The Morgan fingerprint density at radius 3 is 2.85 bits per heavy atom. The fourth-order valence-corrected chi connectivity index (χ4v) is 4.88. The number of amides is 1. The molecule has 1 aliphatic heterocycles. The molecule has 7 heteroatoms. The normalized spacial score (nSPS) is 18.1. The van der Waals surface area contributed by atoms with Gasteiger partial charge in [-0.25, -0.2) is 4.98 Å². The summed E-state index contributed by atoms with van der Waals surface area (Å²) in [7, 11) is 0. The summed E-state index contributed by atoms with van der Waals surface area (Å²) in [5.41, 5.74) is 3.40. The second-order valence-corrected chi connectivity index (χ2v) is 8.48. The molecule has 0 unspecified atom stereocenters. The average molecular weight is 379 g/mol. The average Bonchev–Trinajstić information content (AvgIpc) is 3.23. The number of hydrogen-bond donors (Lipinski definition) is 2. The van der Waals surface area contributed by atoms with Gasteiger partial charge in [-0.15, -0.1) is 11.3 Å². The van der Waals surface area contributed by atoms with Crippen molar-refractivity contribution in [3.63, 3.8) is 0 Å². The van der Waals surface area contributed by atoms with Gasteiger partial charge in [-0.1, -0.05) is 0 Å². The molecule has 5 rings (SSSR count). The molecule has 138 valence electrons. The highest BCUT2D eigenvalue weighted by Crippen LogP contribution is 2.53. The number of pyridine rings is 1. The summed E-state index contributed by atoms with van der Waals surface area (Å²) in [6.07, 6.45) is 7.88. The van der Waals surface area contributed by atoms with E-state index in [-0.39, 0.29) is 5.91 Å². The van der Waals surface area contributed by atoms with Crippen molar-refractivity contribution in [3.05, 3.63) is 65.2 Å². The van der Waals surface area contributed by atoms with E-state index in [1.807, 2.05) is 35.0 Å². The van der Waals surface area contributed by atoms with Crippen LogP contribution >= 0.6 is 11.3 Å². The van der Waals surface area contributed by atoms with E-state index in [9.17, 15) is 4.79 Å². The van der Waals surface area contributed by atoms with E-state index < -0.39 is 0 Å². The summed E-state index contributed by atoms with van der Waals surface area (Å²) in [6.45, 7) is 2.93. The van der Waals surface area contributed by atoms with Gasteiger partial charge < -0.3 is 9.88 Å². The number of hydrogen-bond acceptors (Lipinski definition) is 5. The zero-order chi connectivity index (χ0) is 18.3. The van der Waals surface area contributed by atoms with E-state index in [0.29, 0.717) is 28.7 Å². The van der Waals surface area contributed by atoms with Gasteiger partial charge in [-0.05, 0) is 48.1 Å². The predicted molar refractivity (Wildman–Crippen MR) is 105 cm³/mol. The maximum Gasteiger partial charge on any atom is 0.274 e. The Bertz CT molecular complexity index is 952. The van der Waals surface area contributed by atoms with E-state index in [2.05, 4.69) is 26.0 Å². The van der Waals surface area contributed by atoms with Gasteiger partial charge >= 0.3 is 0 Å². The van der Waals surface area contributed by atoms with Crippen molar-refractivity contribution in [3.8, 4) is 0 Å².